The number of ether oxygens (including phenoxy) is 2. The first-order valence-electron chi connectivity index (χ1n) is 5.18. The van der Waals surface area contributed by atoms with E-state index in [1.165, 1.54) is 12.8 Å². The minimum absolute atomic E-state index is 0.163. The summed E-state index contributed by atoms with van der Waals surface area (Å²) >= 11 is 0. The van der Waals surface area contributed by atoms with E-state index in [1.807, 2.05) is 6.92 Å². The van der Waals surface area contributed by atoms with Crippen LogP contribution < -0.4 is 5.32 Å². The van der Waals surface area contributed by atoms with E-state index in [9.17, 15) is 0 Å². The second kappa shape index (κ2) is 6.77. The number of rotatable bonds is 8. The van der Waals surface area contributed by atoms with Crippen molar-refractivity contribution in [3.05, 3.63) is 0 Å². The fourth-order valence-corrected chi connectivity index (χ4v) is 1.12. The fourth-order valence-electron chi connectivity index (χ4n) is 1.12. The predicted molar refractivity (Wildman–Crippen MR) is 52.9 cm³/mol. The summed E-state index contributed by atoms with van der Waals surface area (Å²) in [5, 5.41) is 12.0. The van der Waals surface area contributed by atoms with Crippen molar-refractivity contribution in [2.75, 3.05) is 26.4 Å². The molecule has 1 atom stereocenters. The molecule has 0 bridgehead atoms. The SMILES string of the molecule is CCOCCOCC(C#N)NC1CC1. The summed E-state index contributed by atoms with van der Waals surface area (Å²) in [6.45, 7) is 4.30. The van der Waals surface area contributed by atoms with Gasteiger partial charge in [0.1, 0.15) is 6.04 Å². The maximum atomic E-state index is 8.78. The highest BCUT2D eigenvalue weighted by Gasteiger charge is 2.24. The lowest BCUT2D eigenvalue weighted by atomic mass is 10.3. The molecule has 0 aliphatic heterocycles. The van der Waals surface area contributed by atoms with Crippen LogP contribution in [0, 0.1) is 11.3 Å². The van der Waals surface area contributed by atoms with Crippen molar-refractivity contribution >= 4 is 0 Å². The van der Waals surface area contributed by atoms with Crippen molar-refractivity contribution in [3.8, 4) is 6.07 Å². The monoisotopic (exact) mass is 198 g/mol. The summed E-state index contributed by atoms with van der Waals surface area (Å²) in [7, 11) is 0. The van der Waals surface area contributed by atoms with Gasteiger partial charge in [0.25, 0.3) is 0 Å². The molecule has 0 saturated heterocycles. The Kier molecular flexibility index (Phi) is 5.53. The molecule has 0 amide bonds. The Labute approximate surface area is 85.2 Å². The summed E-state index contributed by atoms with van der Waals surface area (Å²) in [6.07, 6.45) is 2.38. The highest BCUT2D eigenvalue weighted by atomic mass is 16.5. The molecule has 0 aromatic carbocycles. The van der Waals surface area contributed by atoms with Crippen LogP contribution in [0.4, 0.5) is 0 Å². The topological polar surface area (TPSA) is 54.3 Å². The zero-order chi connectivity index (χ0) is 10.2. The molecule has 1 N–H and O–H groups in total. The van der Waals surface area contributed by atoms with E-state index in [0.717, 1.165) is 0 Å². The first kappa shape index (κ1) is 11.4. The molecule has 1 aliphatic rings. The molecule has 0 aromatic rings. The first-order chi connectivity index (χ1) is 6.86. The third-order valence-electron chi connectivity index (χ3n) is 2.03. The van der Waals surface area contributed by atoms with E-state index in [4.69, 9.17) is 14.7 Å². The molecule has 1 aliphatic carbocycles. The van der Waals surface area contributed by atoms with Crippen LogP contribution in [-0.2, 0) is 9.47 Å². The lowest BCUT2D eigenvalue weighted by Gasteiger charge is -2.10. The summed E-state index contributed by atoms with van der Waals surface area (Å²) in [4.78, 5) is 0. The van der Waals surface area contributed by atoms with Gasteiger partial charge < -0.3 is 9.47 Å². The summed E-state index contributed by atoms with van der Waals surface area (Å²) in [5.41, 5.74) is 0. The third kappa shape index (κ3) is 5.18. The maximum absolute atomic E-state index is 8.78. The summed E-state index contributed by atoms with van der Waals surface area (Å²) in [5.74, 6) is 0. The third-order valence-corrected chi connectivity index (χ3v) is 2.03. The Hall–Kier alpha value is -0.630. The Morgan fingerprint density at radius 2 is 2.14 bits per heavy atom. The molecule has 1 rings (SSSR count). The smallest absolute Gasteiger partial charge is 0.119 e. The van der Waals surface area contributed by atoms with Crippen molar-refractivity contribution in [2.24, 2.45) is 0 Å². The lowest BCUT2D eigenvalue weighted by Crippen LogP contribution is -2.34. The van der Waals surface area contributed by atoms with Gasteiger partial charge in [-0.1, -0.05) is 0 Å². The van der Waals surface area contributed by atoms with Crippen LogP contribution in [0.1, 0.15) is 19.8 Å². The molecular weight excluding hydrogens is 180 g/mol. The second-order valence-corrected chi connectivity index (χ2v) is 3.39. The summed E-state index contributed by atoms with van der Waals surface area (Å²) in [6, 6.07) is 2.58. The zero-order valence-corrected chi connectivity index (χ0v) is 8.66. The molecular formula is C10H18N2O2. The van der Waals surface area contributed by atoms with Crippen LogP contribution in [0.15, 0.2) is 0 Å². The van der Waals surface area contributed by atoms with Gasteiger partial charge in [-0.3, -0.25) is 5.32 Å². The maximum Gasteiger partial charge on any atom is 0.119 e. The lowest BCUT2D eigenvalue weighted by molar-refractivity contribution is 0.0484. The van der Waals surface area contributed by atoms with Gasteiger partial charge in [-0.2, -0.15) is 5.26 Å². The van der Waals surface area contributed by atoms with Gasteiger partial charge in [0.15, 0.2) is 0 Å². The Morgan fingerprint density at radius 3 is 2.71 bits per heavy atom. The molecule has 0 spiro atoms. The Bertz CT molecular complexity index is 187. The number of hydrogen-bond donors (Lipinski definition) is 1. The van der Waals surface area contributed by atoms with Crippen molar-refractivity contribution in [3.63, 3.8) is 0 Å². The molecule has 0 aromatic heterocycles. The van der Waals surface area contributed by atoms with Crippen LogP contribution in [0.2, 0.25) is 0 Å². The quantitative estimate of drug-likeness (QED) is 0.583. The molecule has 1 unspecified atom stereocenters. The highest BCUT2D eigenvalue weighted by molar-refractivity contribution is 4.95. The second-order valence-electron chi connectivity index (χ2n) is 3.39. The van der Waals surface area contributed by atoms with Gasteiger partial charge in [0.2, 0.25) is 0 Å². The van der Waals surface area contributed by atoms with Crippen molar-refractivity contribution in [1.29, 1.82) is 5.26 Å². The van der Waals surface area contributed by atoms with Crippen molar-refractivity contribution in [1.82, 2.24) is 5.32 Å². The van der Waals surface area contributed by atoms with E-state index in [2.05, 4.69) is 11.4 Å². The number of nitrogens with zero attached hydrogens (tertiary/aromatic N) is 1. The number of hydrogen-bond acceptors (Lipinski definition) is 4. The van der Waals surface area contributed by atoms with Gasteiger partial charge in [-0.15, -0.1) is 0 Å². The highest BCUT2D eigenvalue weighted by Crippen LogP contribution is 2.19. The van der Waals surface area contributed by atoms with Crippen LogP contribution in [0.3, 0.4) is 0 Å². The van der Waals surface area contributed by atoms with Crippen LogP contribution in [-0.4, -0.2) is 38.5 Å². The van der Waals surface area contributed by atoms with Crippen LogP contribution >= 0.6 is 0 Å². The molecule has 4 nitrogen and oxygen atoms in total. The molecule has 4 heteroatoms. The molecule has 1 fully saturated rings. The molecule has 0 heterocycles. The van der Waals surface area contributed by atoms with Gasteiger partial charge in [-0.05, 0) is 19.8 Å². The van der Waals surface area contributed by atoms with Gasteiger partial charge in [-0.25, -0.2) is 0 Å². The standard InChI is InChI=1S/C10H18N2O2/c1-2-13-5-6-14-8-10(7-11)12-9-3-4-9/h9-10,12H,2-6,8H2,1H3. The van der Waals surface area contributed by atoms with Crippen molar-refractivity contribution in [2.45, 2.75) is 31.8 Å². The number of nitriles is 1. The Balaban J connectivity index is 1.94. The largest absolute Gasteiger partial charge is 0.379 e. The number of nitrogens with one attached hydrogen (secondary N) is 1. The zero-order valence-electron chi connectivity index (χ0n) is 8.66. The molecule has 14 heavy (non-hydrogen) atoms. The predicted octanol–water partition coefficient (Wildman–Crippen LogP) is 0.684. The average Bonchev–Trinajstić information content (AvgIpc) is 2.99. The van der Waals surface area contributed by atoms with E-state index in [-0.39, 0.29) is 6.04 Å². The summed E-state index contributed by atoms with van der Waals surface area (Å²) < 4.78 is 10.4. The van der Waals surface area contributed by atoms with E-state index < -0.39 is 0 Å². The van der Waals surface area contributed by atoms with Crippen LogP contribution in [0.25, 0.3) is 0 Å². The fraction of sp³-hybridized carbons (Fsp3) is 0.900. The van der Waals surface area contributed by atoms with Gasteiger partial charge in [0.05, 0.1) is 25.9 Å². The first-order valence-corrected chi connectivity index (χ1v) is 5.18. The average molecular weight is 198 g/mol. The molecule has 80 valence electrons. The molecule has 0 radical (unpaired) electrons. The van der Waals surface area contributed by atoms with E-state index >= 15 is 0 Å². The minimum atomic E-state index is -0.163. The van der Waals surface area contributed by atoms with Crippen molar-refractivity contribution < 1.29 is 9.47 Å². The molecule has 1 saturated carbocycles. The normalized spacial score (nSPS) is 17.7. The van der Waals surface area contributed by atoms with Gasteiger partial charge >= 0.3 is 0 Å². The van der Waals surface area contributed by atoms with E-state index in [0.29, 0.717) is 32.5 Å². The van der Waals surface area contributed by atoms with E-state index in [1.54, 1.807) is 0 Å². The Morgan fingerprint density at radius 1 is 1.43 bits per heavy atom. The van der Waals surface area contributed by atoms with Gasteiger partial charge in [0, 0.05) is 12.6 Å². The van der Waals surface area contributed by atoms with Crippen LogP contribution in [0.5, 0.6) is 0 Å². The minimum Gasteiger partial charge on any atom is -0.379 e.